The van der Waals surface area contributed by atoms with Crippen molar-refractivity contribution in [2.75, 3.05) is 12.3 Å². The summed E-state index contributed by atoms with van der Waals surface area (Å²) in [6.07, 6.45) is -7.55. The van der Waals surface area contributed by atoms with E-state index in [1.165, 1.54) is 34.9 Å². The number of hydrogen-bond donors (Lipinski definition) is 0. The molecule has 198 valence electrons. The second-order valence-electron chi connectivity index (χ2n) is 9.06. The van der Waals surface area contributed by atoms with Gasteiger partial charge in [0.15, 0.2) is 0 Å². The first-order valence-corrected chi connectivity index (χ1v) is 15.0. The molecule has 0 spiro atoms. The van der Waals surface area contributed by atoms with Crippen molar-refractivity contribution in [3.8, 4) is 0 Å². The summed E-state index contributed by atoms with van der Waals surface area (Å²) >= 11 is 0. The second kappa shape index (κ2) is 11.6. The van der Waals surface area contributed by atoms with Crippen LogP contribution in [0.2, 0.25) is 0 Å². The van der Waals surface area contributed by atoms with Crippen LogP contribution in [0.5, 0.6) is 0 Å². The Morgan fingerprint density at radius 1 is 0.421 bits per heavy atom. The van der Waals surface area contributed by atoms with Gasteiger partial charge in [0.05, 0.1) is 11.1 Å². The lowest BCUT2D eigenvalue weighted by atomic mass is 10.2. The minimum absolute atomic E-state index is 0.625. The molecule has 0 aromatic heterocycles. The van der Waals surface area contributed by atoms with E-state index in [1.807, 2.05) is 13.8 Å². The summed E-state index contributed by atoms with van der Waals surface area (Å²) in [4.78, 5) is 0. The number of rotatable bonds is 7. The van der Waals surface area contributed by atoms with Gasteiger partial charge in [-0.1, -0.05) is 83.9 Å². The largest absolute Gasteiger partial charge is 0.416 e. The van der Waals surface area contributed by atoms with Crippen molar-refractivity contribution in [2.45, 2.75) is 26.2 Å². The van der Waals surface area contributed by atoms with Gasteiger partial charge >= 0.3 is 12.4 Å². The van der Waals surface area contributed by atoms with E-state index in [0.29, 0.717) is 16.8 Å². The van der Waals surface area contributed by atoms with Gasteiger partial charge in [-0.15, -0.1) is 0 Å². The highest BCUT2D eigenvalue weighted by molar-refractivity contribution is 7.76. The van der Waals surface area contributed by atoms with E-state index in [1.54, 1.807) is 0 Å². The van der Waals surface area contributed by atoms with Crippen molar-refractivity contribution >= 4 is 37.1 Å². The standard InChI is InChI=1S/C30H26F6P2/c1-21-3-11-25(12-4-21)37(26-13-5-22(2)6-14-26)19-20-38(27-15-7-23(8-16-27)29(31,32)33)28-17-9-24(10-18-28)30(34,35)36/h3-18H,19-20H2,1-2H3. The van der Waals surface area contributed by atoms with Crippen LogP contribution in [0.15, 0.2) is 97.1 Å². The second-order valence-corrected chi connectivity index (χ2v) is 13.7. The van der Waals surface area contributed by atoms with E-state index >= 15 is 0 Å². The van der Waals surface area contributed by atoms with E-state index in [-0.39, 0.29) is 0 Å². The number of hydrogen-bond acceptors (Lipinski definition) is 0. The average Bonchev–Trinajstić information content (AvgIpc) is 2.87. The topological polar surface area (TPSA) is 0 Å². The number of benzene rings is 4. The fourth-order valence-electron chi connectivity index (χ4n) is 4.12. The maximum absolute atomic E-state index is 13.2. The number of halogens is 6. The fourth-order valence-corrected chi connectivity index (χ4v) is 9.39. The molecule has 8 heteroatoms. The lowest BCUT2D eigenvalue weighted by Crippen LogP contribution is -2.21. The van der Waals surface area contributed by atoms with E-state index in [2.05, 4.69) is 48.5 Å². The van der Waals surface area contributed by atoms with Crippen molar-refractivity contribution in [2.24, 2.45) is 0 Å². The minimum Gasteiger partial charge on any atom is -0.166 e. The van der Waals surface area contributed by atoms with Gasteiger partial charge in [-0.05, 0) is 87.5 Å². The van der Waals surface area contributed by atoms with E-state index < -0.39 is 39.3 Å². The molecule has 4 aromatic rings. The summed E-state index contributed by atoms with van der Waals surface area (Å²) in [5, 5.41) is 3.78. The molecule has 4 rings (SSSR count). The number of alkyl halides is 6. The average molecular weight is 562 g/mol. The Bertz CT molecular complexity index is 1220. The molecule has 0 nitrogen and oxygen atoms in total. The van der Waals surface area contributed by atoms with Crippen LogP contribution < -0.4 is 21.2 Å². The molecule has 0 N–H and O–H groups in total. The molecule has 4 aromatic carbocycles. The Labute approximate surface area is 221 Å². The SMILES string of the molecule is Cc1ccc(P(CCP(c2ccc(C(F)(F)F)cc2)c2ccc(C(F)(F)F)cc2)c2ccc(C)cc2)cc1. The van der Waals surface area contributed by atoms with E-state index in [9.17, 15) is 26.3 Å². The molecule has 0 aliphatic rings. The van der Waals surface area contributed by atoms with Gasteiger partial charge < -0.3 is 0 Å². The maximum atomic E-state index is 13.2. The van der Waals surface area contributed by atoms with Crippen LogP contribution in [0.4, 0.5) is 26.3 Å². The van der Waals surface area contributed by atoms with Crippen LogP contribution in [0.3, 0.4) is 0 Å². The number of aryl methyl sites for hydroxylation is 2. The van der Waals surface area contributed by atoms with Crippen molar-refractivity contribution in [1.29, 1.82) is 0 Å². The first-order chi connectivity index (χ1) is 17.9. The van der Waals surface area contributed by atoms with Crippen LogP contribution in [-0.2, 0) is 12.4 Å². The van der Waals surface area contributed by atoms with Crippen LogP contribution in [0, 0.1) is 13.8 Å². The third kappa shape index (κ3) is 7.04. The molecule has 38 heavy (non-hydrogen) atoms. The third-order valence-corrected chi connectivity index (χ3v) is 11.6. The molecule has 0 aliphatic heterocycles. The van der Waals surface area contributed by atoms with Crippen molar-refractivity contribution < 1.29 is 26.3 Å². The summed E-state index contributed by atoms with van der Waals surface area (Å²) in [6, 6.07) is 26.8. The molecule has 0 unspecified atom stereocenters. The quantitative estimate of drug-likeness (QED) is 0.159. The molecular weight excluding hydrogens is 536 g/mol. The Hall–Kier alpha value is -2.68. The Balaban J connectivity index is 1.70. The van der Waals surface area contributed by atoms with Gasteiger partial charge in [-0.25, -0.2) is 0 Å². The Morgan fingerprint density at radius 2 is 0.658 bits per heavy atom. The normalized spacial score (nSPS) is 12.4. The zero-order valence-electron chi connectivity index (χ0n) is 20.8. The first-order valence-electron chi connectivity index (χ1n) is 11.9. The van der Waals surface area contributed by atoms with Gasteiger partial charge in [-0.2, -0.15) is 26.3 Å². The first kappa shape index (κ1) is 28.3. The van der Waals surface area contributed by atoms with Gasteiger partial charge in [0.1, 0.15) is 0 Å². The van der Waals surface area contributed by atoms with Gasteiger partial charge in [0, 0.05) is 0 Å². The summed E-state index contributed by atoms with van der Waals surface area (Å²) in [5.74, 6) is 0. The highest BCUT2D eigenvalue weighted by atomic mass is 31.1. The van der Waals surface area contributed by atoms with Crippen molar-refractivity contribution in [1.82, 2.24) is 0 Å². The summed E-state index contributed by atoms with van der Waals surface area (Å²) in [7, 11) is -1.97. The lowest BCUT2D eigenvalue weighted by molar-refractivity contribution is -0.138. The molecule has 0 saturated carbocycles. The molecule has 0 amide bonds. The monoisotopic (exact) mass is 562 g/mol. The molecule has 0 aliphatic carbocycles. The highest BCUT2D eigenvalue weighted by Crippen LogP contribution is 2.42. The van der Waals surface area contributed by atoms with E-state index in [4.69, 9.17) is 0 Å². The van der Waals surface area contributed by atoms with Crippen LogP contribution in [-0.4, -0.2) is 12.3 Å². The zero-order valence-corrected chi connectivity index (χ0v) is 22.6. The molecule has 0 atom stereocenters. The fraction of sp³-hybridized carbons (Fsp3) is 0.200. The molecule has 0 radical (unpaired) electrons. The smallest absolute Gasteiger partial charge is 0.166 e. The van der Waals surface area contributed by atoms with Crippen LogP contribution in [0.25, 0.3) is 0 Å². The predicted molar refractivity (Wildman–Crippen MR) is 147 cm³/mol. The molecule has 0 fully saturated rings. The van der Waals surface area contributed by atoms with Crippen molar-refractivity contribution in [3.63, 3.8) is 0 Å². The predicted octanol–water partition coefficient (Wildman–Crippen LogP) is 7.91. The Kier molecular flexibility index (Phi) is 8.65. The molecular formula is C30H26F6P2. The third-order valence-electron chi connectivity index (χ3n) is 6.25. The zero-order chi connectivity index (χ0) is 27.5. The summed E-state index contributed by atoms with van der Waals surface area (Å²) in [5.41, 5.74) is 0.795. The van der Waals surface area contributed by atoms with Crippen molar-refractivity contribution in [3.05, 3.63) is 119 Å². The lowest BCUT2D eigenvalue weighted by Gasteiger charge is -2.24. The molecule has 0 saturated heterocycles. The van der Waals surface area contributed by atoms with Crippen LogP contribution in [0.1, 0.15) is 22.3 Å². The molecule has 0 heterocycles. The van der Waals surface area contributed by atoms with Gasteiger partial charge in [0.25, 0.3) is 0 Å². The van der Waals surface area contributed by atoms with Crippen LogP contribution >= 0.6 is 15.8 Å². The Morgan fingerprint density at radius 3 is 0.895 bits per heavy atom. The maximum Gasteiger partial charge on any atom is 0.416 e. The summed E-state index contributed by atoms with van der Waals surface area (Å²) in [6.45, 7) is 4.04. The van der Waals surface area contributed by atoms with Gasteiger partial charge in [0.2, 0.25) is 0 Å². The minimum atomic E-state index is -4.46. The molecule has 0 bridgehead atoms. The highest BCUT2D eigenvalue weighted by Gasteiger charge is 2.32. The summed E-state index contributed by atoms with van der Waals surface area (Å²) < 4.78 is 79.1. The van der Waals surface area contributed by atoms with Gasteiger partial charge in [-0.3, -0.25) is 0 Å². The van der Waals surface area contributed by atoms with E-state index in [0.717, 1.165) is 41.6 Å².